The van der Waals surface area contributed by atoms with Crippen molar-refractivity contribution in [3.63, 3.8) is 0 Å². The van der Waals surface area contributed by atoms with Crippen LogP contribution in [0.3, 0.4) is 0 Å². The van der Waals surface area contributed by atoms with E-state index in [1.54, 1.807) is 25.1 Å². The summed E-state index contributed by atoms with van der Waals surface area (Å²) in [4.78, 5) is 26.6. The molecule has 0 bridgehead atoms. The van der Waals surface area contributed by atoms with Gasteiger partial charge in [0.15, 0.2) is 0 Å². The number of halogens is 2. The molecular formula is C21H25ClFN3O4S. The molecule has 1 atom stereocenters. The molecular weight excluding hydrogens is 445 g/mol. The highest BCUT2D eigenvalue weighted by molar-refractivity contribution is 7.92. The number of carbonyl (C=O) groups is 2. The minimum absolute atomic E-state index is 0.202. The topological polar surface area (TPSA) is 86.8 Å². The number of nitrogens with zero attached hydrogens (tertiary/aromatic N) is 2. The summed E-state index contributed by atoms with van der Waals surface area (Å²) in [6.07, 6.45) is 0.970. The predicted molar refractivity (Wildman–Crippen MR) is 119 cm³/mol. The summed E-state index contributed by atoms with van der Waals surface area (Å²) in [5.74, 6) is -1.66. The highest BCUT2D eigenvalue weighted by Gasteiger charge is 2.30. The van der Waals surface area contributed by atoms with E-state index in [1.807, 2.05) is 0 Å². The van der Waals surface area contributed by atoms with Crippen LogP contribution in [0.5, 0.6) is 0 Å². The Balaban J connectivity index is 2.42. The molecule has 2 amide bonds. The Kier molecular flexibility index (Phi) is 8.02. The Bertz CT molecular complexity index is 1080. The molecule has 0 spiro atoms. The summed E-state index contributed by atoms with van der Waals surface area (Å²) >= 11 is 6.13. The first kappa shape index (κ1) is 24.6. The molecule has 0 aliphatic carbocycles. The fourth-order valence-corrected chi connectivity index (χ4v) is 3.97. The fraction of sp³-hybridized carbons (Fsp3) is 0.333. The molecule has 0 fully saturated rings. The average molecular weight is 470 g/mol. The van der Waals surface area contributed by atoms with E-state index in [0.29, 0.717) is 5.02 Å². The van der Waals surface area contributed by atoms with Gasteiger partial charge in [0.1, 0.15) is 18.4 Å². The van der Waals surface area contributed by atoms with Crippen molar-refractivity contribution in [1.82, 2.24) is 10.2 Å². The van der Waals surface area contributed by atoms with Gasteiger partial charge in [0.25, 0.3) is 0 Å². The van der Waals surface area contributed by atoms with Gasteiger partial charge < -0.3 is 10.2 Å². The Morgan fingerprint density at radius 2 is 1.84 bits per heavy atom. The average Bonchev–Trinajstić information content (AvgIpc) is 2.71. The number of hydrogen-bond donors (Lipinski definition) is 1. The number of benzene rings is 2. The lowest BCUT2D eigenvalue weighted by molar-refractivity contribution is -0.139. The van der Waals surface area contributed by atoms with E-state index in [1.165, 1.54) is 38.2 Å². The second-order valence-electron chi connectivity index (χ2n) is 7.11. The lowest BCUT2D eigenvalue weighted by Gasteiger charge is -2.31. The molecule has 31 heavy (non-hydrogen) atoms. The van der Waals surface area contributed by atoms with Crippen molar-refractivity contribution in [3.05, 3.63) is 64.4 Å². The van der Waals surface area contributed by atoms with E-state index >= 15 is 0 Å². The molecule has 0 aliphatic rings. The lowest BCUT2D eigenvalue weighted by atomic mass is 10.1. The fourth-order valence-electron chi connectivity index (χ4n) is 2.95. The maximum atomic E-state index is 14.2. The standard InChI is InChI=1S/C21H25ClFN3O4S/c1-14-9-10-17(11-18(14)22)26(31(4,29)30)13-20(27)25(15(2)21(28)24-3)12-16-7-5-6-8-19(16)23/h5-11,15H,12-13H2,1-4H3,(H,24,28). The Labute approximate surface area is 186 Å². The number of carbonyl (C=O) groups excluding carboxylic acids is 2. The Morgan fingerprint density at radius 3 is 2.39 bits per heavy atom. The van der Waals surface area contributed by atoms with Crippen LogP contribution in [0, 0.1) is 12.7 Å². The zero-order chi connectivity index (χ0) is 23.3. The smallest absolute Gasteiger partial charge is 0.244 e. The third-order valence-electron chi connectivity index (χ3n) is 4.83. The summed E-state index contributed by atoms with van der Waals surface area (Å²) in [5.41, 5.74) is 1.17. The van der Waals surface area contributed by atoms with E-state index < -0.39 is 40.2 Å². The third-order valence-corrected chi connectivity index (χ3v) is 6.38. The highest BCUT2D eigenvalue weighted by Crippen LogP contribution is 2.25. The number of nitrogens with one attached hydrogen (secondary N) is 1. The van der Waals surface area contributed by atoms with Gasteiger partial charge in [0.2, 0.25) is 21.8 Å². The van der Waals surface area contributed by atoms with Crippen LogP contribution in [-0.2, 0) is 26.2 Å². The maximum Gasteiger partial charge on any atom is 0.244 e. The van der Waals surface area contributed by atoms with Crippen molar-refractivity contribution in [2.24, 2.45) is 0 Å². The molecule has 0 saturated carbocycles. The van der Waals surface area contributed by atoms with E-state index in [9.17, 15) is 22.4 Å². The molecule has 0 aliphatic heterocycles. The number of rotatable bonds is 8. The Hall–Kier alpha value is -2.65. The number of anilines is 1. The van der Waals surface area contributed by atoms with Gasteiger partial charge in [-0.15, -0.1) is 0 Å². The van der Waals surface area contributed by atoms with Crippen LogP contribution >= 0.6 is 11.6 Å². The van der Waals surface area contributed by atoms with Gasteiger partial charge >= 0.3 is 0 Å². The van der Waals surface area contributed by atoms with Crippen molar-refractivity contribution >= 4 is 39.1 Å². The molecule has 0 heterocycles. The van der Waals surface area contributed by atoms with Gasteiger partial charge in [-0.1, -0.05) is 35.9 Å². The number of amides is 2. The van der Waals surface area contributed by atoms with Gasteiger partial charge in [-0.3, -0.25) is 13.9 Å². The summed E-state index contributed by atoms with van der Waals surface area (Å²) in [6.45, 7) is 2.48. The SMILES string of the molecule is CNC(=O)C(C)N(Cc1ccccc1F)C(=O)CN(c1ccc(C)c(Cl)c1)S(C)(=O)=O. The van der Waals surface area contributed by atoms with Gasteiger partial charge in [0, 0.05) is 24.2 Å². The lowest BCUT2D eigenvalue weighted by Crippen LogP contribution is -2.50. The number of aryl methyl sites for hydroxylation is 1. The van der Waals surface area contributed by atoms with Crippen molar-refractivity contribution < 1.29 is 22.4 Å². The quantitative estimate of drug-likeness (QED) is 0.644. The van der Waals surface area contributed by atoms with Crippen LogP contribution < -0.4 is 9.62 Å². The molecule has 1 N–H and O–H groups in total. The van der Waals surface area contributed by atoms with E-state index in [2.05, 4.69) is 5.32 Å². The number of hydrogen-bond acceptors (Lipinski definition) is 4. The summed E-state index contributed by atoms with van der Waals surface area (Å²) < 4.78 is 40.0. The van der Waals surface area contributed by atoms with Crippen molar-refractivity contribution in [2.45, 2.75) is 26.4 Å². The van der Waals surface area contributed by atoms with E-state index in [-0.39, 0.29) is 17.8 Å². The van der Waals surface area contributed by atoms with Gasteiger partial charge in [-0.05, 0) is 37.6 Å². The zero-order valence-electron chi connectivity index (χ0n) is 17.7. The first-order valence-electron chi connectivity index (χ1n) is 9.44. The predicted octanol–water partition coefficient (Wildman–Crippen LogP) is 2.72. The molecule has 0 radical (unpaired) electrons. The largest absolute Gasteiger partial charge is 0.357 e. The van der Waals surface area contributed by atoms with Crippen molar-refractivity contribution in [1.29, 1.82) is 0 Å². The van der Waals surface area contributed by atoms with Crippen LogP contribution in [0.4, 0.5) is 10.1 Å². The molecule has 7 nitrogen and oxygen atoms in total. The van der Waals surface area contributed by atoms with E-state index in [0.717, 1.165) is 21.0 Å². The normalized spacial score (nSPS) is 12.2. The summed E-state index contributed by atoms with van der Waals surface area (Å²) in [6, 6.07) is 9.56. The van der Waals surface area contributed by atoms with E-state index in [4.69, 9.17) is 11.6 Å². The Morgan fingerprint density at radius 1 is 1.19 bits per heavy atom. The van der Waals surface area contributed by atoms with Gasteiger partial charge in [-0.25, -0.2) is 12.8 Å². The molecule has 1 unspecified atom stereocenters. The van der Waals surface area contributed by atoms with Crippen LogP contribution in [0.25, 0.3) is 0 Å². The van der Waals surface area contributed by atoms with Crippen LogP contribution in [0.1, 0.15) is 18.1 Å². The minimum atomic E-state index is -3.86. The number of likely N-dealkylation sites (N-methyl/N-ethyl adjacent to an activating group) is 1. The third kappa shape index (κ3) is 6.18. The highest BCUT2D eigenvalue weighted by atomic mass is 35.5. The second kappa shape index (κ2) is 10.1. The van der Waals surface area contributed by atoms with Gasteiger partial charge in [0.05, 0.1) is 11.9 Å². The first-order valence-corrected chi connectivity index (χ1v) is 11.7. The maximum absolute atomic E-state index is 14.2. The monoisotopic (exact) mass is 469 g/mol. The van der Waals surface area contributed by atoms with Crippen molar-refractivity contribution in [2.75, 3.05) is 24.2 Å². The molecule has 168 valence electrons. The molecule has 2 rings (SSSR count). The van der Waals surface area contributed by atoms with Crippen molar-refractivity contribution in [3.8, 4) is 0 Å². The zero-order valence-corrected chi connectivity index (χ0v) is 19.3. The molecule has 2 aromatic carbocycles. The minimum Gasteiger partial charge on any atom is -0.357 e. The van der Waals surface area contributed by atoms with Crippen LogP contribution in [0.2, 0.25) is 5.02 Å². The number of sulfonamides is 1. The molecule has 0 aromatic heterocycles. The molecule has 10 heteroatoms. The molecule has 0 saturated heterocycles. The summed E-state index contributed by atoms with van der Waals surface area (Å²) in [7, 11) is -2.44. The first-order chi connectivity index (χ1) is 14.5. The summed E-state index contributed by atoms with van der Waals surface area (Å²) in [5, 5.41) is 2.80. The molecule has 2 aromatic rings. The van der Waals surface area contributed by atoms with Gasteiger partial charge in [-0.2, -0.15) is 0 Å². The van der Waals surface area contributed by atoms with Crippen LogP contribution in [-0.4, -0.2) is 51.0 Å². The second-order valence-corrected chi connectivity index (χ2v) is 9.42. The van der Waals surface area contributed by atoms with Crippen LogP contribution in [0.15, 0.2) is 42.5 Å².